The number of aryl methyl sites for hydroxylation is 4. The van der Waals surface area contributed by atoms with E-state index in [4.69, 9.17) is 9.97 Å². The Balaban J connectivity index is 1.50. The molecule has 0 saturated heterocycles. The van der Waals surface area contributed by atoms with Crippen molar-refractivity contribution >= 4 is 35.0 Å². The number of nitrogens with one attached hydrogen (secondary N) is 2. The maximum Gasteiger partial charge on any atom is 0.233 e. The summed E-state index contributed by atoms with van der Waals surface area (Å²) in [6.45, 7) is 11.2. The fraction of sp³-hybridized carbons (Fsp3) is 0.207. The van der Waals surface area contributed by atoms with E-state index in [1.54, 1.807) is 0 Å². The summed E-state index contributed by atoms with van der Waals surface area (Å²) in [4.78, 5) is 14.1. The molecule has 5 aromatic rings. The van der Waals surface area contributed by atoms with E-state index in [2.05, 4.69) is 89.3 Å². The Bertz CT molecular complexity index is 1510. The van der Waals surface area contributed by atoms with Crippen LogP contribution in [-0.2, 0) is 6.54 Å². The van der Waals surface area contributed by atoms with Gasteiger partial charge in [0.15, 0.2) is 11.0 Å². The monoisotopic (exact) mass is 522 g/mol. The van der Waals surface area contributed by atoms with Crippen LogP contribution in [-0.4, -0.2) is 29.7 Å². The van der Waals surface area contributed by atoms with Gasteiger partial charge < -0.3 is 15.2 Å². The number of rotatable bonds is 8. The molecule has 0 aliphatic carbocycles. The van der Waals surface area contributed by atoms with Crippen molar-refractivity contribution < 1.29 is 0 Å². The first-order chi connectivity index (χ1) is 18.4. The predicted molar refractivity (Wildman–Crippen MR) is 153 cm³/mol. The van der Waals surface area contributed by atoms with Crippen LogP contribution in [0.3, 0.4) is 0 Å². The van der Waals surface area contributed by atoms with Crippen LogP contribution in [0.4, 0.5) is 23.3 Å². The summed E-state index contributed by atoms with van der Waals surface area (Å²) in [7, 11) is 0. The lowest BCUT2D eigenvalue weighted by atomic mass is 10.1. The first-order valence-corrected chi connectivity index (χ1v) is 13.3. The molecule has 0 amide bonds. The van der Waals surface area contributed by atoms with Gasteiger partial charge in [0.05, 0.1) is 0 Å². The third-order valence-corrected chi connectivity index (χ3v) is 7.24. The fourth-order valence-corrected chi connectivity index (χ4v) is 4.78. The Morgan fingerprint density at radius 1 is 0.684 bits per heavy atom. The molecule has 5 rings (SSSR count). The van der Waals surface area contributed by atoms with Crippen molar-refractivity contribution in [3.63, 3.8) is 0 Å². The highest BCUT2D eigenvalue weighted by Gasteiger charge is 2.17. The topological polar surface area (TPSA) is 93.4 Å². The Morgan fingerprint density at radius 2 is 1.26 bits per heavy atom. The zero-order chi connectivity index (χ0) is 26.6. The van der Waals surface area contributed by atoms with Gasteiger partial charge >= 0.3 is 0 Å². The average molecular weight is 523 g/mol. The third kappa shape index (κ3) is 5.68. The molecule has 38 heavy (non-hydrogen) atoms. The molecule has 0 atom stereocenters. The number of hydrogen-bond donors (Lipinski definition) is 2. The summed E-state index contributed by atoms with van der Waals surface area (Å²) in [5.41, 5.74) is 7.68. The lowest BCUT2D eigenvalue weighted by Gasteiger charge is -2.12. The summed E-state index contributed by atoms with van der Waals surface area (Å²) in [6, 6.07) is 22.4. The van der Waals surface area contributed by atoms with Gasteiger partial charge in [0.2, 0.25) is 17.1 Å². The molecule has 0 bridgehead atoms. The summed E-state index contributed by atoms with van der Waals surface area (Å²) >= 11 is 1.36. The molecule has 2 heterocycles. The summed E-state index contributed by atoms with van der Waals surface area (Å²) < 4.78 is 2.07. The number of nitrogens with zero attached hydrogens (tertiary/aromatic N) is 6. The normalized spacial score (nSPS) is 11.0. The number of benzene rings is 3. The van der Waals surface area contributed by atoms with Crippen LogP contribution in [0, 0.1) is 27.7 Å². The molecule has 192 valence electrons. The van der Waals surface area contributed by atoms with Gasteiger partial charge in [0, 0.05) is 23.5 Å². The lowest BCUT2D eigenvalue weighted by molar-refractivity contribution is 0.685. The standard InChI is InChI=1S/C29H30N8S/c1-6-37-25(22-10-8-7-9-11-22)35-36-29(37)38-28-33-26(30-23-14-12-18(2)20(4)16-23)32-27(34-28)31-24-15-13-19(3)21(5)17-24/h7-17H,6H2,1-5H3,(H2,30,31,32,33,34). The van der Waals surface area contributed by atoms with Crippen molar-refractivity contribution in [3.8, 4) is 11.4 Å². The van der Waals surface area contributed by atoms with Crippen molar-refractivity contribution in [1.29, 1.82) is 0 Å². The van der Waals surface area contributed by atoms with Crippen LogP contribution in [0.5, 0.6) is 0 Å². The van der Waals surface area contributed by atoms with Gasteiger partial charge in [-0.05, 0) is 92.9 Å². The minimum atomic E-state index is 0.447. The smallest absolute Gasteiger partial charge is 0.233 e. The average Bonchev–Trinajstić information content (AvgIpc) is 3.31. The van der Waals surface area contributed by atoms with Gasteiger partial charge in [-0.2, -0.15) is 15.0 Å². The Labute approximate surface area is 227 Å². The molecule has 0 spiro atoms. The molecule has 0 radical (unpaired) electrons. The molecule has 2 aromatic heterocycles. The Hall–Kier alpha value is -4.24. The van der Waals surface area contributed by atoms with E-state index in [1.165, 1.54) is 34.0 Å². The summed E-state index contributed by atoms with van der Waals surface area (Å²) in [5.74, 6) is 1.71. The van der Waals surface area contributed by atoms with E-state index in [9.17, 15) is 0 Å². The van der Waals surface area contributed by atoms with E-state index < -0.39 is 0 Å². The van der Waals surface area contributed by atoms with Gasteiger partial charge in [-0.15, -0.1) is 10.2 Å². The SMILES string of the molecule is CCn1c(Sc2nc(Nc3ccc(C)c(C)c3)nc(Nc3ccc(C)c(C)c3)n2)nnc1-c1ccccc1. The molecule has 0 saturated carbocycles. The molecule has 0 fully saturated rings. The molecule has 9 heteroatoms. The minimum absolute atomic E-state index is 0.447. The minimum Gasteiger partial charge on any atom is -0.324 e. The first-order valence-electron chi connectivity index (χ1n) is 12.5. The van der Waals surface area contributed by atoms with Gasteiger partial charge in [0.25, 0.3) is 0 Å². The lowest BCUT2D eigenvalue weighted by Crippen LogP contribution is -2.06. The van der Waals surface area contributed by atoms with Crippen LogP contribution in [0.25, 0.3) is 11.4 Å². The third-order valence-electron chi connectivity index (χ3n) is 6.39. The first kappa shape index (κ1) is 25.4. The molecule has 2 N–H and O–H groups in total. The highest BCUT2D eigenvalue weighted by atomic mass is 32.2. The molecule has 0 aliphatic rings. The van der Waals surface area contributed by atoms with Gasteiger partial charge in [-0.1, -0.05) is 42.5 Å². The Kier molecular flexibility index (Phi) is 7.37. The highest BCUT2D eigenvalue weighted by molar-refractivity contribution is 7.99. The van der Waals surface area contributed by atoms with Crippen LogP contribution in [0.15, 0.2) is 77.0 Å². The zero-order valence-electron chi connectivity index (χ0n) is 22.1. The molecule has 8 nitrogen and oxygen atoms in total. The van der Waals surface area contributed by atoms with Crippen LogP contribution in [0.2, 0.25) is 0 Å². The van der Waals surface area contributed by atoms with Crippen LogP contribution < -0.4 is 10.6 Å². The fourth-order valence-electron chi connectivity index (χ4n) is 3.94. The van der Waals surface area contributed by atoms with Gasteiger partial charge in [-0.25, -0.2) is 0 Å². The maximum atomic E-state index is 4.72. The number of hydrogen-bond acceptors (Lipinski definition) is 8. The summed E-state index contributed by atoms with van der Waals surface area (Å²) in [5, 5.41) is 16.8. The molecule has 0 unspecified atom stereocenters. The number of anilines is 4. The van der Waals surface area contributed by atoms with Crippen molar-refractivity contribution in [1.82, 2.24) is 29.7 Å². The maximum absolute atomic E-state index is 4.72. The molecular formula is C29H30N8S. The highest BCUT2D eigenvalue weighted by Crippen LogP contribution is 2.30. The van der Waals surface area contributed by atoms with E-state index in [1.807, 2.05) is 42.5 Å². The summed E-state index contributed by atoms with van der Waals surface area (Å²) in [6.07, 6.45) is 0. The molecule has 0 aliphatic heterocycles. The zero-order valence-corrected chi connectivity index (χ0v) is 23.0. The second-order valence-electron chi connectivity index (χ2n) is 9.13. The predicted octanol–water partition coefficient (Wildman–Crippen LogP) is 7.02. The quantitative estimate of drug-likeness (QED) is 0.224. The van der Waals surface area contributed by atoms with Crippen molar-refractivity contribution in [3.05, 3.63) is 89.0 Å². The van der Waals surface area contributed by atoms with Crippen molar-refractivity contribution in [2.75, 3.05) is 10.6 Å². The van der Waals surface area contributed by atoms with Gasteiger partial charge in [0.1, 0.15) is 0 Å². The largest absolute Gasteiger partial charge is 0.324 e. The van der Waals surface area contributed by atoms with E-state index in [-0.39, 0.29) is 0 Å². The van der Waals surface area contributed by atoms with Gasteiger partial charge in [-0.3, -0.25) is 0 Å². The van der Waals surface area contributed by atoms with E-state index >= 15 is 0 Å². The van der Waals surface area contributed by atoms with Crippen molar-refractivity contribution in [2.24, 2.45) is 0 Å². The molecular weight excluding hydrogens is 492 g/mol. The van der Waals surface area contributed by atoms with Crippen LogP contribution >= 0.6 is 11.8 Å². The van der Waals surface area contributed by atoms with E-state index in [0.717, 1.165) is 22.8 Å². The Morgan fingerprint density at radius 3 is 1.79 bits per heavy atom. The van der Waals surface area contributed by atoms with E-state index in [0.29, 0.717) is 28.8 Å². The number of aromatic nitrogens is 6. The molecule has 3 aromatic carbocycles. The second-order valence-corrected chi connectivity index (χ2v) is 10.1. The van der Waals surface area contributed by atoms with Crippen molar-refractivity contribution in [2.45, 2.75) is 51.5 Å². The second kappa shape index (κ2) is 11.0. The van der Waals surface area contributed by atoms with Crippen LogP contribution in [0.1, 0.15) is 29.2 Å².